The number of rotatable bonds is 4. The molecule has 23 heavy (non-hydrogen) atoms. The first-order chi connectivity index (χ1) is 10.8. The molecule has 1 amide bonds. The van der Waals surface area contributed by atoms with Crippen molar-refractivity contribution in [3.8, 4) is 0 Å². The third-order valence-corrected chi connectivity index (χ3v) is 3.41. The molecule has 1 aromatic heterocycles. The lowest BCUT2D eigenvalue weighted by atomic mass is 10.3. The third-order valence-electron chi connectivity index (χ3n) is 3.41. The molecule has 0 atom stereocenters. The van der Waals surface area contributed by atoms with Crippen LogP contribution in [0.4, 0.5) is 19.1 Å². The van der Waals surface area contributed by atoms with E-state index < -0.39 is 11.9 Å². The van der Waals surface area contributed by atoms with Gasteiger partial charge in [0.15, 0.2) is 0 Å². The lowest BCUT2D eigenvalue weighted by Crippen LogP contribution is -2.50. The number of piperazine rings is 1. The first-order valence-corrected chi connectivity index (χ1v) is 7.42. The van der Waals surface area contributed by atoms with Crippen LogP contribution in [-0.2, 0) is 11.0 Å². The van der Waals surface area contributed by atoms with Crippen LogP contribution < -0.4 is 10.2 Å². The monoisotopic (exact) mass is 331 g/mol. The summed E-state index contributed by atoms with van der Waals surface area (Å²) < 4.78 is 38.0. The molecule has 1 saturated heterocycles. The fourth-order valence-corrected chi connectivity index (χ4v) is 2.34. The molecule has 0 spiro atoms. The van der Waals surface area contributed by atoms with Gasteiger partial charge in [-0.2, -0.15) is 13.2 Å². The molecular weight excluding hydrogens is 311 g/mol. The summed E-state index contributed by atoms with van der Waals surface area (Å²) in [6.45, 7) is 6.18. The van der Waals surface area contributed by atoms with Crippen molar-refractivity contribution in [3.05, 3.63) is 18.0 Å². The Morgan fingerprint density at radius 2 is 1.96 bits per heavy atom. The average molecular weight is 331 g/mol. The van der Waals surface area contributed by atoms with Crippen LogP contribution >= 0.6 is 0 Å². The van der Waals surface area contributed by atoms with Gasteiger partial charge in [0, 0.05) is 38.4 Å². The summed E-state index contributed by atoms with van der Waals surface area (Å²) in [5.41, 5.74) is -0.943. The number of nitrogens with one attached hydrogen (secondary N) is 1. The summed E-state index contributed by atoms with van der Waals surface area (Å²) in [6, 6.07) is 0.943. The Kier molecular flexibility index (Phi) is 5.40. The van der Waals surface area contributed by atoms with Crippen LogP contribution in [0.1, 0.15) is 19.5 Å². The summed E-state index contributed by atoms with van der Waals surface area (Å²) in [4.78, 5) is 22.9. The molecule has 6 nitrogen and oxygen atoms in total. The maximum Gasteiger partial charge on any atom is 0.433 e. The number of nitrogens with zero attached hydrogens (tertiary/aromatic N) is 4. The fourth-order valence-electron chi connectivity index (χ4n) is 2.34. The molecule has 1 aromatic rings. The molecular formula is C14H20F3N5O. The second-order valence-electron chi connectivity index (χ2n) is 5.73. The number of hydrogen-bond acceptors (Lipinski definition) is 5. The first kappa shape index (κ1) is 17.5. The van der Waals surface area contributed by atoms with Crippen LogP contribution in [0.25, 0.3) is 0 Å². The van der Waals surface area contributed by atoms with Gasteiger partial charge in [0.2, 0.25) is 11.9 Å². The molecule has 128 valence electrons. The Labute approximate surface area is 132 Å². The van der Waals surface area contributed by atoms with Gasteiger partial charge in [0.25, 0.3) is 0 Å². The summed E-state index contributed by atoms with van der Waals surface area (Å²) >= 11 is 0. The van der Waals surface area contributed by atoms with E-state index in [0.717, 1.165) is 12.3 Å². The number of halogens is 3. The van der Waals surface area contributed by atoms with Crippen molar-refractivity contribution in [2.75, 3.05) is 37.6 Å². The van der Waals surface area contributed by atoms with Crippen LogP contribution in [0.3, 0.4) is 0 Å². The highest BCUT2D eigenvalue weighted by Crippen LogP contribution is 2.28. The van der Waals surface area contributed by atoms with Crippen molar-refractivity contribution in [3.63, 3.8) is 0 Å². The number of amides is 1. The highest BCUT2D eigenvalue weighted by atomic mass is 19.4. The van der Waals surface area contributed by atoms with E-state index in [0.29, 0.717) is 26.2 Å². The Morgan fingerprint density at radius 1 is 1.30 bits per heavy atom. The van der Waals surface area contributed by atoms with Gasteiger partial charge < -0.3 is 10.2 Å². The number of anilines is 1. The predicted octanol–water partition coefficient (Wildman–Crippen LogP) is 1.14. The maximum absolute atomic E-state index is 12.7. The van der Waals surface area contributed by atoms with E-state index in [2.05, 4.69) is 15.3 Å². The summed E-state index contributed by atoms with van der Waals surface area (Å²) in [6.07, 6.45) is -3.36. The predicted molar refractivity (Wildman–Crippen MR) is 79.0 cm³/mol. The fraction of sp³-hybridized carbons (Fsp3) is 0.643. The van der Waals surface area contributed by atoms with Gasteiger partial charge in [-0.15, -0.1) is 0 Å². The molecule has 9 heteroatoms. The van der Waals surface area contributed by atoms with Gasteiger partial charge in [-0.1, -0.05) is 0 Å². The third kappa shape index (κ3) is 5.05. The zero-order chi connectivity index (χ0) is 17.0. The second kappa shape index (κ2) is 7.12. The van der Waals surface area contributed by atoms with Crippen LogP contribution in [0, 0.1) is 0 Å². The smallest absolute Gasteiger partial charge is 0.353 e. The minimum absolute atomic E-state index is 0.0521. The summed E-state index contributed by atoms with van der Waals surface area (Å²) in [5.74, 6) is 0.0230. The quantitative estimate of drug-likeness (QED) is 0.897. The molecule has 0 unspecified atom stereocenters. The van der Waals surface area contributed by atoms with Crippen molar-refractivity contribution in [1.29, 1.82) is 0 Å². The van der Waals surface area contributed by atoms with E-state index >= 15 is 0 Å². The maximum atomic E-state index is 12.7. The van der Waals surface area contributed by atoms with Gasteiger partial charge in [0.1, 0.15) is 5.69 Å². The Morgan fingerprint density at radius 3 is 2.52 bits per heavy atom. The second-order valence-corrected chi connectivity index (χ2v) is 5.73. The first-order valence-electron chi connectivity index (χ1n) is 7.42. The summed E-state index contributed by atoms with van der Waals surface area (Å²) in [5, 5.41) is 2.81. The van der Waals surface area contributed by atoms with Gasteiger partial charge in [-0.05, 0) is 19.9 Å². The Balaban J connectivity index is 1.91. The number of alkyl halides is 3. The SMILES string of the molecule is CC(C)NC(=O)CN1CCN(c2nccc(C(F)(F)F)n2)CC1. The number of aromatic nitrogens is 2. The van der Waals surface area contributed by atoms with Gasteiger partial charge >= 0.3 is 6.18 Å². The zero-order valence-electron chi connectivity index (χ0n) is 13.1. The largest absolute Gasteiger partial charge is 0.433 e. The number of hydrogen-bond donors (Lipinski definition) is 1. The van der Waals surface area contributed by atoms with Gasteiger partial charge in [-0.3, -0.25) is 9.69 Å². The highest BCUT2D eigenvalue weighted by Gasteiger charge is 2.33. The van der Waals surface area contributed by atoms with Crippen molar-refractivity contribution in [1.82, 2.24) is 20.2 Å². The molecule has 0 bridgehead atoms. The van der Waals surface area contributed by atoms with E-state index in [4.69, 9.17) is 0 Å². The molecule has 0 saturated carbocycles. The van der Waals surface area contributed by atoms with E-state index in [1.165, 1.54) is 0 Å². The highest BCUT2D eigenvalue weighted by molar-refractivity contribution is 5.78. The van der Waals surface area contributed by atoms with Crippen molar-refractivity contribution < 1.29 is 18.0 Å². The van der Waals surface area contributed by atoms with Gasteiger partial charge in [0.05, 0.1) is 6.54 Å². The van der Waals surface area contributed by atoms with Crippen LogP contribution in [-0.4, -0.2) is 59.5 Å². The molecule has 0 aliphatic carbocycles. The molecule has 1 fully saturated rings. The topological polar surface area (TPSA) is 61.4 Å². The van der Waals surface area contributed by atoms with E-state index in [9.17, 15) is 18.0 Å². The minimum Gasteiger partial charge on any atom is -0.353 e. The van der Waals surface area contributed by atoms with Crippen molar-refractivity contribution in [2.45, 2.75) is 26.1 Å². The lowest BCUT2D eigenvalue weighted by molar-refractivity contribution is -0.141. The average Bonchev–Trinajstić information content (AvgIpc) is 2.46. The van der Waals surface area contributed by atoms with Crippen molar-refractivity contribution >= 4 is 11.9 Å². The lowest BCUT2D eigenvalue weighted by Gasteiger charge is -2.34. The number of carbonyl (C=O) groups excluding carboxylic acids is 1. The zero-order valence-corrected chi connectivity index (χ0v) is 13.1. The number of carbonyl (C=O) groups is 1. The molecule has 0 aromatic carbocycles. The normalized spacial score (nSPS) is 16.7. The van der Waals surface area contributed by atoms with E-state index in [1.54, 1.807) is 4.90 Å². The Bertz CT molecular complexity index is 541. The standard InChI is InChI=1S/C14H20F3N5O/c1-10(2)19-12(23)9-21-5-7-22(8-6-21)13-18-4-3-11(20-13)14(15,16)17/h3-4,10H,5-9H2,1-2H3,(H,19,23). The van der Waals surface area contributed by atoms with Crippen LogP contribution in [0.15, 0.2) is 12.3 Å². The van der Waals surface area contributed by atoms with E-state index in [-0.39, 0.29) is 24.4 Å². The molecule has 2 rings (SSSR count). The summed E-state index contributed by atoms with van der Waals surface area (Å²) in [7, 11) is 0. The molecule has 1 N–H and O–H groups in total. The molecule has 0 radical (unpaired) electrons. The molecule has 2 heterocycles. The van der Waals surface area contributed by atoms with Crippen LogP contribution in [0.5, 0.6) is 0 Å². The Hall–Kier alpha value is -1.90. The van der Waals surface area contributed by atoms with Crippen molar-refractivity contribution in [2.24, 2.45) is 0 Å². The van der Waals surface area contributed by atoms with E-state index in [1.807, 2.05) is 18.7 Å². The minimum atomic E-state index is -4.48. The van der Waals surface area contributed by atoms with Gasteiger partial charge in [-0.25, -0.2) is 9.97 Å². The molecule has 1 aliphatic heterocycles. The molecule has 1 aliphatic rings. The van der Waals surface area contributed by atoms with Crippen LogP contribution in [0.2, 0.25) is 0 Å².